The fraction of sp³-hybridized carbons (Fsp3) is 0.529. The Morgan fingerprint density at radius 2 is 1.90 bits per heavy atom. The van der Waals surface area contributed by atoms with Crippen molar-refractivity contribution in [2.45, 2.75) is 51.2 Å². The molecule has 0 heterocycles. The van der Waals surface area contributed by atoms with Gasteiger partial charge in [0.15, 0.2) is 0 Å². The number of hydrogen-bond donors (Lipinski definition) is 0. The minimum Gasteiger partial charge on any atom is -0.458 e. The number of esters is 1. The van der Waals surface area contributed by atoms with Gasteiger partial charge in [-0.3, -0.25) is 0 Å². The second-order valence-corrected chi connectivity index (χ2v) is 6.41. The van der Waals surface area contributed by atoms with Crippen LogP contribution in [-0.4, -0.2) is 18.2 Å². The van der Waals surface area contributed by atoms with Crippen molar-refractivity contribution in [3.8, 4) is 6.07 Å². The first-order valence-electron chi connectivity index (χ1n) is 7.21. The molecule has 0 saturated heterocycles. The molecule has 0 aliphatic heterocycles. The molecule has 2 rings (SSSR count). The Labute approximate surface area is 125 Å². The lowest BCUT2D eigenvalue weighted by molar-refractivity contribution is -0.174. The lowest BCUT2D eigenvalue weighted by atomic mass is 9.74. The molecule has 21 heavy (non-hydrogen) atoms. The molecule has 4 heteroatoms. The highest BCUT2D eigenvalue weighted by Crippen LogP contribution is 2.44. The van der Waals surface area contributed by atoms with E-state index in [9.17, 15) is 4.79 Å². The molecule has 0 atom stereocenters. The Hall–Kier alpha value is -1.86. The first kappa shape index (κ1) is 15.5. The fourth-order valence-corrected chi connectivity index (χ4v) is 2.43. The molecule has 0 N–H and O–H groups in total. The molecule has 1 saturated carbocycles. The van der Waals surface area contributed by atoms with Crippen molar-refractivity contribution in [3.63, 3.8) is 0 Å². The largest absolute Gasteiger partial charge is 0.458 e. The smallest absolute Gasteiger partial charge is 0.332 e. The average Bonchev–Trinajstić information content (AvgIpc) is 2.36. The molecule has 1 fully saturated rings. The summed E-state index contributed by atoms with van der Waals surface area (Å²) in [5.74, 6) is -0.345. The van der Waals surface area contributed by atoms with E-state index in [-0.39, 0.29) is 12.6 Å². The van der Waals surface area contributed by atoms with Gasteiger partial charge >= 0.3 is 5.97 Å². The van der Waals surface area contributed by atoms with Crippen LogP contribution >= 0.6 is 0 Å². The minimum atomic E-state index is -0.498. The fourth-order valence-electron chi connectivity index (χ4n) is 2.43. The van der Waals surface area contributed by atoms with Crippen LogP contribution in [0.4, 0.5) is 0 Å². The molecule has 1 aliphatic carbocycles. The zero-order valence-electron chi connectivity index (χ0n) is 12.8. The zero-order chi connectivity index (χ0) is 15.5. The van der Waals surface area contributed by atoms with Gasteiger partial charge in [-0.2, -0.15) is 5.26 Å². The van der Waals surface area contributed by atoms with Gasteiger partial charge in [0, 0.05) is 0 Å². The summed E-state index contributed by atoms with van der Waals surface area (Å²) in [6.07, 6.45) is 2.86. The van der Waals surface area contributed by atoms with Crippen LogP contribution in [-0.2, 0) is 19.9 Å². The van der Waals surface area contributed by atoms with E-state index in [1.54, 1.807) is 12.1 Å². The predicted octanol–water partition coefficient (Wildman–Crippen LogP) is 3.30. The third kappa shape index (κ3) is 3.83. The first-order valence-corrected chi connectivity index (χ1v) is 7.21. The number of carbonyl (C=O) groups is 1. The van der Waals surface area contributed by atoms with Gasteiger partial charge in [-0.1, -0.05) is 12.1 Å². The van der Waals surface area contributed by atoms with Crippen LogP contribution in [0.1, 0.15) is 51.2 Å². The van der Waals surface area contributed by atoms with E-state index in [4.69, 9.17) is 14.7 Å². The maximum atomic E-state index is 11.8. The first-order chi connectivity index (χ1) is 9.85. The van der Waals surface area contributed by atoms with Gasteiger partial charge in [0.2, 0.25) is 0 Å². The van der Waals surface area contributed by atoms with Gasteiger partial charge in [-0.15, -0.1) is 0 Å². The van der Waals surface area contributed by atoms with E-state index in [0.29, 0.717) is 5.56 Å². The normalized spacial score (nSPS) is 16.7. The Morgan fingerprint density at radius 1 is 1.29 bits per heavy atom. The number of benzene rings is 1. The third-order valence-electron chi connectivity index (χ3n) is 3.59. The van der Waals surface area contributed by atoms with E-state index in [1.807, 2.05) is 32.9 Å². The van der Waals surface area contributed by atoms with Crippen LogP contribution < -0.4 is 0 Å². The monoisotopic (exact) mass is 287 g/mol. The highest BCUT2D eigenvalue weighted by Gasteiger charge is 2.40. The van der Waals surface area contributed by atoms with Crippen molar-refractivity contribution in [2.75, 3.05) is 6.61 Å². The topological polar surface area (TPSA) is 59.3 Å². The van der Waals surface area contributed by atoms with Crippen LogP contribution in [0.2, 0.25) is 0 Å². The summed E-state index contributed by atoms with van der Waals surface area (Å²) in [6.45, 7) is 5.47. The summed E-state index contributed by atoms with van der Waals surface area (Å²) in [5, 5.41) is 8.84. The van der Waals surface area contributed by atoms with Crippen LogP contribution in [0, 0.1) is 11.3 Å². The zero-order valence-corrected chi connectivity index (χ0v) is 12.8. The van der Waals surface area contributed by atoms with Crippen molar-refractivity contribution in [1.82, 2.24) is 0 Å². The van der Waals surface area contributed by atoms with Crippen molar-refractivity contribution >= 4 is 5.97 Å². The summed E-state index contributed by atoms with van der Waals surface area (Å²) in [5.41, 5.74) is 0.753. The Balaban J connectivity index is 2.01. The Kier molecular flexibility index (Phi) is 4.34. The summed E-state index contributed by atoms with van der Waals surface area (Å²) in [7, 11) is 0. The molecule has 1 aromatic rings. The van der Waals surface area contributed by atoms with Gasteiger partial charge in [-0.25, -0.2) is 4.79 Å². The second kappa shape index (κ2) is 5.87. The third-order valence-corrected chi connectivity index (χ3v) is 3.59. The molecule has 0 spiro atoms. The number of nitrogens with zero attached hydrogens (tertiary/aromatic N) is 1. The molecule has 4 nitrogen and oxygen atoms in total. The molecule has 0 unspecified atom stereocenters. The molecular formula is C17H21NO3. The molecule has 0 bridgehead atoms. The predicted molar refractivity (Wildman–Crippen MR) is 78.5 cm³/mol. The standard InChI is InChI=1S/C17H21NO3/c1-16(2,3)21-15(19)12-20-17(9-4-10-17)14-7-5-13(11-18)6-8-14/h5-8H,4,9-10,12H2,1-3H3. The lowest BCUT2D eigenvalue weighted by Gasteiger charge is -2.42. The van der Waals surface area contributed by atoms with Gasteiger partial charge in [-0.05, 0) is 57.7 Å². The van der Waals surface area contributed by atoms with Crippen LogP contribution in [0.25, 0.3) is 0 Å². The molecular weight excluding hydrogens is 266 g/mol. The van der Waals surface area contributed by atoms with Crippen molar-refractivity contribution in [3.05, 3.63) is 35.4 Å². The highest BCUT2D eigenvalue weighted by molar-refractivity contribution is 5.71. The molecule has 112 valence electrons. The molecule has 1 aliphatic rings. The van der Waals surface area contributed by atoms with Crippen molar-refractivity contribution < 1.29 is 14.3 Å². The van der Waals surface area contributed by atoms with E-state index in [0.717, 1.165) is 24.8 Å². The van der Waals surface area contributed by atoms with E-state index >= 15 is 0 Å². The van der Waals surface area contributed by atoms with E-state index in [2.05, 4.69) is 6.07 Å². The Bertz CT molecular complexity index is 545. The Morgan fingerprint density at radius 3 is 2.33 bits per heavy atom. The number of hydrogen-bond acceptors (Lipinski definition) is 4. The molecule has 0 radical (unpaired) electrons. The van der Waals surface area contributed by atoms with Gasteiger partial charge in [0.05, 0.1) is 17.2 Å². The van der Waals surface area contributed by atoms with E-state index < -0.39 is 11.2 Å². The summed E-state index contributed by atoms with van der Waals surface area (Å²) in [6, 6.07) is 9.49. The highest BCUT2D eigenvalue weighted by atomic mass is 16.6. The maximum Gasteiger partial charge on any atom is 0.332 e. The summed E-state index contributed by atoms with van der Waals surface area (Å²) in [4.78, 5) is 11.8. The quantitative estimate of drug-likeness (QED) is 0.797. The van der Waals surface area contributed by atoms with Crippen LogP contribution in [0.3, 0.4) is 0 Å². The molecule has 1 aromatic carbocycles. The van der Waals surface area contributed by atoms with Crippen LogP contribution in [0.5, 0.6) is 0 Å². The lowest BCUT2D eigenvalue weighted by Crippen LogP contribution is -2.39. The number of ether oxygens (including phenoxy) is 2. The SMILES string of the molecule is CC(C)(C)OC(=O)COC1(c2ccc(C#N)cc2)CCC1. The van der Waals surface area contributed by atoms with Crippen molar-refractivity contribution in [1.29, 1.82) is 5.26 Å². The van der Waals surface area contributed by atoms with Crippen molar-refractivity contribution in [2.24, 2.45) is 0 Å². The summed E-state index contributed by atoms with van der Waals surface area (Å²) >= 11 is 0. The maximum absolute atomic E-state index is 11.8. The summed E-state index contributed by atoms with van der Waals surface area (Å²) < 4.78 is 11.1. The van der Waals surface area contributed by atoms with E-state index in [1.165, 1.54) is 0 Å². The number of rotatable bonds is 4. The van der Waals surface area contributed by atoms with Gasteiger partial charge in [0.25, 0.3) is 0 Å². The molecule has 0 aromatic heterocycles. The minimum absolute atomic E-state index is 0.0444. The second-order valence-electron chi connectivity index (χ2n) is 6.41. The van der Waals surface area contributed by atoms with Gasteiger partial charge < -0.3 is 9.47 Å². The number of carbonyl (C=O) groups excluding carboxylic acids is 1. The average molecular weight is 287 g/mol. The molecule has 0 amide bonds. The van der Waals surface area contributed by atoms with Gasteiger partial charge in [0.1, 0.15) is 12.2 Å². The number of nitriles is 1. The van der Waals surface area contributed by atoms with Crippen LogP contribution in [0.15, 0.2) is 24.3 Å².